The Morgan fingerprint density at radius 1 is 0.247 bits per heavy atom. The fourth-order valence-corrected chi connectivity index (χ4v) is 2.55. The highest BCUT2D eigenvalue weighted by Crippen LogP contribution is 2.26. The number of carboxylic acid groups (broad SMARTS) is 1. The molecule has 4 heteroatoms. The lowest BCUT2D eigenvalue weighted by atomic mass is 10.4. The SMILES string of the molecule is C#CC#CC#CC#CC#CC#CC#CC#CC#CC#CC#CC#CC#CC.C#CC#CC#CC#CC#CC#CC#CC#CC#CC#CC#CC#CC#CC#CC.CC#CC#CC#CC#CC#CC#CC#CC#CC#CC#CC#CC#CC#CC.CC(=O)O.CC1CC1.COC(C)=O. The van der Waals surface area contributed by atoms with E-state index in [-0.39, 0.29) is 5.97 Å². The molecular weight excluding hydrogens is 1180 g/mol. The van der Waals surface area contributed by atoms with Crippen LogP contribution in [0.4, 0.5) is 0 Å². The molecule has 1 rings (SSSR count). The first-order valence-corrected chi connectivity index (χ1v) is 25.5. The van der Waals surface area contributed by atoms with Gasteiger partial charge in [0.25, 0.3) is 5.97 Å². The molecule has 1 saturated carbocycles. The van der Waals surface area contributed by atoms with Crippen LogP contribution in [0.15, 0.2) is 0 Å². The fraction of sp³-hybridized carbons (Fsp3) is 0.118. The number of carbonyl (C=O) groups excluding carboxylic acids is 1. The van der Waals surface area contributed by atoms with Gasteiger partial charge in [0.15, 0.2) is 0 Å². The molecule has 1 fully saturated rings. The zero-order valence-electron chi connectivity index (χ0n) is 52.8. The lowest BCUT2D eigenvalue weighted by Crippen LogP contribution is -1.88. The van der Waals surface area contributed by atoms with E-state index in [1.54, 1.807) is 27.7 Å². The monoisotopic (exact) mass is 1210 g/mol. The van der Waals surface area contributed by atoms with Gasteiger partial charge in [-0.05, 0) is 318 Å². The van der Waals surface area contributed by atoms with Crippen molar-refractivity contribution in [2.24, 2.45) is 5.92 Å². The Hall–Kier alpha value is -18.7. The molecule has 0 radical (unpaired) electrons. The average Bonchev–Trinajstić information content (AvgIpc) is 4.62. The average molecular weight is 1210 g/mol. The van der Waals surface area contributed by atoms with Crippen molar-refractivity contribution in [1.29, 1.82) is 0 Å². The lowest BCUT2D eigenvalue weighted by Gasteiger charge is -1.80. The topological polar surface area (TPSA) is 63.6 Å². The highest BCUT2D eigenvalue weighted by Gasteiger charge is 2.12. The van der Waals surface area contributed by atoms with Crippen LogP contribution in [0.1, 0.15) is 61.3 Å². The van der Waals surface area contributed by atoms with Crippen LogP contribution in [0.2, 0.25) is 0 Å². The van der Waals surface area contributed by atoms with Gasteiger partial charge in [-0.25, -0.2) is 0 Å². The van der Waals surface area contributed by atoms with Crippen molar-refractivity contribution < 1.29 is 19.4 Å². The first-order valence-electron chi connectivity index (χ1n) is 25.5. The Kier molecular flexibility index (Phi) is 79.5. The fourth-order valence-electron chi connectivity index (χ4n) is 2.55. The van der Waals surface area contributed by atoms with E-state index in [1.165, 1.54) is 26.9 Å². The molecule has 428 valence electrons. The molecule has 0 heterocycles. The molecule has 0 amide bonds. The van der Waals surface area contributed by atoms with E-state index in [1.807, 2.05) is 0 Å². The third kappa shape index (κ3) is 117. The Morgan fingerprint density at radius 2 is 0.320 bits per heavy atom. The van der Waals surface area contributed by atoms with Crippen LogP contribution in [0, 0.1) is 481 Å². The number of hydrogen-bond donors (Lipinski definition) is 1. The summed E-state index contributed by atoms with van der Waals surface area (Å²) in [4.78, 5) is 18.6. The number of carbonyl (C=O) groups is 2. The van der Waals surface area contributed by atoms with Crippen molar-refractivity contribution in [3.05, 3.63) is 0 Å². The molecular formula is C93H32O4. The van der Waals surface area contributed by atoms with Crippen LogP contribution in [-0.2, 0) is 14.3 Å². The van der Waals surface area contributed by atoms with E-state index in [0.717, 1.165) is 12.8 Å². The van der Waals surface area contributed by atoms with Crippen molar-refractivity contribution in [2.75, 3.05) is 7.11 Å². The zero-order chi connectivity index (χ0) is 72.0. The molecule has 0 spiro atoms. The van der Waals surface area contributed by atoms with E-state index in [9.17, 15) is 4.79 Å². The number of hydrogen-bond acceptors (Lipinski definition) is 3. The first-order chi connectivity index (χ1) is 47.6. The number of methoxy groups -OCH3 is 1. The van der Waals surface area contributed by atoms with Gasteiger partial charge in [0.2, 0.25) is 0 Å². The molecule has 0 aromatic rings. The molecule has 1 N–H and O–H groups in total. The highest BCUT2D eigenvalue weighted by molar-refractivity contribution is 5.65. The number of ether oxygens (including phenoxy) is 1. The van der Waals surface area contributed by atoms with E-state index in [2.05, 4.69) is 473 Å². The molecule has 0 bridgehead atoms. The summed E-state index contributed by atoms with van der Waals surface area (Å²) >= 11 is 0. The standard InChI is InChI=1S/C29H4.C28H6.C27H4.C4H8.C3H6O2.C2H4O2/c1-3-5-7-9-11-13-15-17-19-21-23-25-27-29-28-26-24-22-20-18-16-14-12-10-8-6-4-2;1-3-5-7-9-11-13-15-17-19-21-23-25-27-28-26-24-22-20-18-16-14-12-10-8-6-4-2;1-3-5-7-9-11-13-15-17-19-21-23-25-27-26-24-22-20-18-16-14-12-10-8-6-4-2;1-4-2-3-4;1-3(4)5-2;1-2(3)4/h1H,2H3;1-2H3;1H,2H3;4H,2-3H2,1H3;1-2H3;1H3,(H,3,4). The van der Waals surface area contributed by atoms with Gasteiger partial charge in [0.05, 0.1) is 7.11 Å². The second-order valence-electron chi connectivity index (χ2n) is 13.2. The van der Waals surface area contributed by atoms with E-state index >= 15 is 0 Å². The zero-order valence-corrected chi connectivity index (χ0v) is 52.8. The summed E-state index contributed by atoms with van der Waals surface area (Å²) in [6.45, 7) is 11.5. The van der Waals surface area contributed by atoms with Crippen LogP contribution in [0.25, 0.3) is 0 Å². The summed E-state index contributed by atoms with van der Waals surface area (Å²) in [5.41, 5.74) is 0. The Bertz CT molecular complexity index is 5690. The molecule has 0 aromatic heterocycles. The molecule has 0 aliphatic heterocycles. The molecule has 1 aliphatic rings. The van der Waals surface area contributed by atoms with Crippen LogP contribution >= 0.6 is 0 Å². The van der Waals surface area contributed by atoms with Crippen LogP contribution in [0.3, 0.4) is 0 Å². The van der Waals surface area contributed by atoms with Crippen LogP contribution < -0.4 is 0 Å². The maximum atomic E-state index is 9.59. The summed E-state index contributed by atoms with van der Waals surface area (Å²) in [7, 11) is 1.35. The van der Waals surface area contributed by atoms with Gasteiger partial charge >= 0.3 is 5.97 Å². The lowest BCUT2D eigenvalue weighted by molar-refractivity contribution is -0.138. The summed E-state index contributed by atoms with van der Waals surface area (Å²) in [6, 6.07) is 0. The van der Waals surface area contributed by atoms with E-state index < -0.39 is 5.97 Å². The molecule has 0 unspecified atom stereocenters. The minimum absolute atomic E-state index is 0.245. The van der Waals surface area contributed by atoms with Crippen molar-refractivity contribution in [2.45, 2.75) is 61.3 Å². The second-order valence-corrected chi connectivity index (χ2v) is 13.2. The third-order valence-electron chi connectivity index (χ3n) is 6.11. The van der Waals surface area contributed by atoms with Crippen molar-refractivity contribution in [3.63, 3.8) is 0 Å². The minimum atomic E-state index is -0.833. The number of carboxylic acids is 1. The largest absolute Gasteiger partial charge is 0.481 e. The Balaban J connectivity index is -0.000000397. The van der Waals surface area contributed by atoms with Gasteiger partial charge in [-0.1, -0.05) is 43.4 Å². The first kappa shape index (κ1) is 87.1. The number of aliphatic carboxylic acids is 1. The van der Waals surface area contributed by atoms with E-state index in [4.69, 9.17) is 22.7 Å². The number of terminal acetylenes is 2. The Morgan fingerprint density at radius 3 is 0.371 bits per heavy atom. The van der Waals surface area contributed by atoms with Crippen molar-refractivity contribution in [1.82, 2.24) is 0 Å². The van der Waals surface area contributed by atoms with E-state index in [0.29, 0.717) is 0 Å². The number of esters is 1. The van der Waals surface area contributed by atoms with Crippen LogP contribution in [0.5, 0.6) is 0 Å². The predicted molar refractivity (Wildman–Crippen MR) is 385 cm³/mol. The quantitative estimate of drug-likeness (QED) is 0.294. The van der Waals surface area contributed by atoms with Gasteiger partial charge in [-0.3, -0.25) is 9.59 Å². The summed E-state index contributed by atoms with van der Waals surface area (Å²) in [6.07, 6.45) is 12.8. The predicted octanol–water partition coefficient (Wildman–Crippen LogP) is 4.12. The molecule has 0 saturated heterocycles. The summed E-state index contributed by atoms with van der Waals surface area (Å²) < 4.78 is 4.11. The van der Waals surface area contributed by atoms with Gasteiger partial charge in [0.1, 0.15) is 0 Å². The van der Waals surface area contributed by atoms with Gasteiger partial charge < -0.3 is 9.84 Å². The molecule has 0 aromatic carbocycles. The summed E-state index contributed by atoms with van der Waals surface area (Å²) in [5.74, 6) is 194. The molecule has 97 heavy (non-hydrogen) atoms. The number of rotatable bonds is 0. The Labute approximate surface area is 577 Å². The van der Waals surface area contributed by atoms with Crippen LogP contribution in [-0.4, -0.2) is 24.2 Å². The van der Waals surface area contributed by atoms with Crippen molar-refractivity contribution >= 4 is 11.9 Å². The molecule has 4 nitrogen and oxygen atoms in total. The molecule has 0 atom stereocenters. The second kappa shape index (κ2) is 88.6. The normalized spacial score (nSPS) is 5.05. The third-order valence-corrected chi connectivity index (χ3v) is 6.11. The minimum Gasteiger partial charge on any atom is -0.481 e. The maximum absolute atomic E-state index is 9.59. The maximum Gasteiger partial charge on any atom is 0.302 e. The highest BCUT2D eigenvalue weighted by atomic mass is 16.5. The van der Waals surface area contributed by atoms with Gasteiger partial charge in [0, 0.05) is 168 Å². The van der Waals surface area contributed by atoms with Crippen molar-refractivity contribution in [3.8, 4) is 475 Å². The van der Waals surface area contributed by atoms with Gasteiger partial charge in [-0.2, -0.15) is 0 Å². The molecule has 1 aliphatic carbocycles. The summed E-state index contributed by atoms with van der Waals surface area (Å²) in [5, 5.41) is 7.42. The smallest absolute Gasteiger partial charge is 0.302 e. The van der Waals surface area contributed by atoms with Gasteiger partial charge in [-0.15, -0.1) is 12.8 Å².